The maximum atomic E-state index is 13.4. The molecule has 0 spiro atoms. The summed E-state index contributed by atoms with van der Waals surface area (Å²) >= 11 is 1.30. The zero-order valence-electron chi connectivity index (χ0n) is 17.3. The predicted octanol–water partition coefficient (Wildman–Crippen LogP) is 4.83. The Morgan fingerprint density at radius 3 is 2.48 bits per heavy atom. The van der Waals surface area contributed by atoms with E-state index >= 15 is 0 Å². The fourth-order valence-electron chi connectivity index (χ4n) is 3.35. The third-order valence-electron chi connectivity index (χ3n) is 4.56. The Bertz CT molecular complexity index is 1070. The van der Waals surface area contributed by atoms with Crippen molar-refractivity contribution in [3.05, 3.63) is 63.9 Å². The maximum Gasteiger partial charge on any atom is 0.319 e. The van der Waals surface area contributed by atoms with Crippen LogP contribution < -0.4 is 5.56 Å². The minimum atomic E-state index is -0.412. The number of thioether (sulfide) groups is 1. The van der Waals surface area contributed by atoms with Crippen molar-refractivity contribution < 1.29 is 9.53 Å². The molecule has 3 rings (SSSR count). The molecule has 0 radical (unpaired) electrons. The molecule has 0 bridgehead atoms. The average Bonchev–Trinajstić information content (AvgIpc) is 2.67. The summed E-state index contributed by atoms with van der Waals surface area (Å²) in [5.41, 5.74) is 3.37. The summed E-state index contributed by atoms with van der Waals surface area (Å²) < 4.78 is 6.88. The number of carbonyl (C=O) groups is 1. The molecule has 5 nitrogen and oxygen atoms in total. The third-order valence-corrected chi connectivity index (χ3v) is 5.75. The molecule has 1 aromatic heterocycles. The monoisotopic (exact) mass is 410 g/mol. The number of ether oxygens (including phenoxy) is 1. The smallest absolute Gasteiger partial charge is 0.319 e. The van der Waals surface area contributed by atoms with Gasteiger partial charge in [-0.2, -0.15) is 0 Å². The number of rotatable bonds is 7. The summed E-state index contributed by atoms with van der Waals surface area (Å²) in [6, 6.07) is 13.3. The lowest BCUT2D eigenvalue weighted by Gasteiger charge is -2.18. The van der Waals surface area contributed by atoms with Gasteiger partial charge in [0.05, 0.1) is 23.2 Å². The molecule has 0 N–H and O–H groups in total. The van der Waals surface area contributed by atoms with E-state index in [1.54, 1.807) is 17.6 Å². The molecule has 3 aromatic rings. The number of hydrogen-bond acceptors (Lipinski definition) is 5. The van der Waals surface area contributed by atoms with Gasteiger partial charge in [0.15, 0.2) is 5.16 Å². The van der Waals surface area contributed by atoms with Gasteiger partial charge >= 0.3 is 5.97 Å². The Morgan fingerprint density at radius 2 is 1.83 bits per heavy atom. The van der Waals surface area contributed by atoms with Gasteiger partial charge in [0.2, 0.25) is 0 Å². The number of hydrogen-bond donors (Lipinski definition) is 0. The summed E-state index contributed by atoms with van der Waals surface area (Å²) in [6.45, 7) is 8.15. The number of para-hydroxylation sites is 1. The standard InChI is InChI=1S/C23H26N2O3S/c1-5-9-20(22(27)28-6-2)29-23-24-19-11-8-7-10-18(19)21(26)25(23)17-13-15(3)12-16(4)14-17/h7-8,10-14,20H,5-6,9H2,1-4H3/t20-/m0/s1. The topological polar surface area (TPSA) is 61.2 Å². The Morgan fingerprint density at radius 1 is 1.14 bits per heavy atom. The second-order valence-corrected chi connectivity index (χ2v) is 8.22. The number of benzene rings is 2. The van der Waals surface area contributed by atoms with E-state index in [4.69, 9.17) is 9.72 Å². The first-order chi connectivity index (χ1) is 13.9. The van der Waals surface area contributed by atoms with Crippen LogP contribution in [0.25, 0.3) is 16.6 Å². The molecule has 6 heteroatoms. The largest absolute Gasteiger partial charge is 0.465 e. The van der Waals surface area contributed by atoms with E-state index in [1.807, 2.05) is 51.1 Å². The first-order valence-corrected chi connectivity index (χ1v) is 10.8. The highest BCUT2D eigenvalue weighted by molar-refractivity contribution is 8.00. The molecule has 0 aliphatic carbocycles. The third kappa shape index (κ3) is 4.70. The molecular weight excluding hydrogens is 384 g/mol. The maximum absolute atomic E-state index is 13.4. The SMILES string of the molecule is CCC[C@H](Sc1nc2ccccc2c(=O)n1-c1cc(C)cc(C)c1)C(=O)OCC. The van der Waals surface area contributed by atoms with Crippen LogP contribution in [0.15, 0.2) is 52.4 Å². The number of fused-ring (bicyclic) bond motifs is 1. The van der Waals surface area contributed by atoms with Gasteiger partial charge in [-0.05, 0) is 62.6 Å². The zero-order valence-corrected chi connectivity index (χ0v) is 18.1. The van der Waals surface area contributed by atoms with E-state index in [0.717, 1.165) is 23.2 Å². The molecule has 29 heavy (non-hydrogen) atoms. The number of aromatic nitrogens is 2. The zero-order chi connectivity index (χ0) is 21.0. The van der Waals surface area contributed by atoms with Crippen LogP contribution in [0.2, 0.25) is 0 Å². The Kier molecular flexibility index (Phi) is 6.75. The van der Waals surface area contributed by atoms with E-state index in [2.05, 4.69) is 6.07 Å². The number of aryl methyl sites for hydroxylation is 2. The van der Waals surface area contributed by atoms with Crippen molar-refractivity contribution in [1.82, 2.24) is 9.55 Å². The van der Waals surface area contributed by atoms with Crippen LogP contribution in [0.1, 0.15) is 37.8 Å². The van der Waals surface area contributed by atoms with Gasteiger partial charge in [-0.1, -0.05) is 43.3 Å². The summed E-state index contributed by atoms with van der Waals surface area (Å²) in [7, 11) is 0. The van der Waals surface area contributed by atoms with Crippen LogP contribution in [0, 0.1) is 13.8 Å². The molecule has 1 atom stereocenters. The average molecular weight is 411 g/mol. The molecule has 0 aliphatic rings. The minimum Gasteiger partial charge on any atom is -0.465 e. The van der Waals surface area contributed by atoms with Crippen LogP contribution >= 0.6 is 11.8 Å². The minimum absolute atomic E-state index is 0.137. The molecule has 0 saturated heterocycles. The van der Waals surface area contributed by atoms with Crippen molar-refractivity contribution in [2.24, 2.45) is 0 Å². The molecule has 1 heterocycles. The van der Waals surface area contributed by atoms with Crippen LogP contribution in [-0.2, 0) is 9.53 Å². The molecule has 0 amide bonds. The van der Waals surface area contributed by atoms with E-state index in [9.17, 15) is 9.59 Å². The lowest BCUT2D eigenvalue weighted by atomic mass is 10.1. The lowest BCUT2D eigenvalue weighted by Crippen LogP contribution is -2.25. The molecule has 0 fully saturated rings. The number of esters is 1. The first kappa shape index (κ1) is 21.1. The van der Waals surface area contributed by atoms with Crippen molar-refractivity contribution in [3.63, 3.8) is 0 Å². The summed E-state index contributed by atoms with van der Waals surface area (Å²) in [6.07, 6.45) is 1.48. The second-order valence-electron chi connectivity index (χ2n) is 7.05. The van der Waals surface area contributed by atoms with Gasteiger partial charge < -0.3 is 4.74 Å². The van der Waals surface area contributed by atoms with Gasteiger partial charge in [0.1, 0.15) is 5.25 Å². The van der Waals surface area contributed by atoms with Crippen molar-refractivity contribution in [1.29, 1.82) is 0 Å². The summed E-state index contributed by atoms with van der Waals surface area (Å²) in [5.74, 6) is -0.270. The fraction of sp³-hybridized carbons (Fsp3) is 0.348. The van der Waals surface area contributed by atoms with Crippen molar-refractivity contribution in [3.8, 4) is 5.69 Å². The Hall–Kier alpha value is -2.60. The summed E-state index contributed by atoms with van der Waals surface area (Å²) in [5, 5.41) is 0.648. The normalized spacial score (nSPS) is 12.1. The van der Waals surface area contributed by atoms with Crippen LogP contribution in [0.5, 0.6) is 0 Å². The van der Waals surface area contributed by atoms with Crippen molar-refractivity contribution >= 4 is 28.6 Å². The van der Waals surface area contributed by atoms with Crippen LogP contribution in [-0.4, -0.2) is 27.4 Å². The van der Waals surface area contributed by atoms with E-state index in [-0.39, 0.29) is 11.5 Å². The van der Waals surface area contributed by atoms with Gasteiger partial charge in [0, 0.05) is 0 Å². The van der Waals surface area contributed by atoms with Gasteiger partial charge in [-0.25, -0.2) is 4.98 Å². The molecular formula is C23H26N2O3S. The molecule has 152 valence electrons. The van der Waals surface area contributed by atoms with Gasteiger partial charge in [-0.15, -0.1) is 0 Å². The van der Waals surface area contributed by atoms with Crippen molar-refractivity contribution in [2.45, 2.75) is 50.9 Å². The van der Waals surface area contributed by atoms with E-state index in [1.165, 1.54) is 11.8 Å². The Balaban J connectivity index is 2.21. The lowest BCUT2D eigenvalue weighted by molar-refractivity contribution is -0.142. The fourth-order valence-corrected chi connectivity index (χ4v) is 4.57. The molecule has 0 unspecified atom stereocenters. The number of carbonyl (C=O) groups excluding carboxylic acids is 1. The quantitative estimate of drug-likeness (QED) is 0.317. The predicted molar refractivity (Wildman–Crippen MR) is 118 cm³/mol. The second kappa shape index (κ2) is 9.27. The van der Waals surface area contributed by atoms with Gasteiger partial charge in [0.25, 0.3) is 5.56 Å². The highest BCUT2D eigenvalue weighted by Crippen LogP contribution is 2.29. The highest BCUT2D eigenvalue weighted by atomic mass is 32.2. The molecule has 2 aromatic carbocycles. The van der Waals surface area contributed by atoms with Gasteiger partial charge in [-0.3, -0.25) is 14.2 Å². The van der Waals surface area contributed by atoms with Crippen LogP contribution in [0.4, 0.5) is 0 Å². The molecule has 0 aliphatic heterocycles. The molecule has 0 saturated carbocycles. The highest BCUT2D eigenvalue weighted by Gasteiger charge is 2.24. The van der Waals surface area contributed by atoms with E-state index in [0.29, 0.717) is 29.1 Å². The van der Waals surface area contributed by atoms with E-state index < -0.39 is 5.25 Å². The first-order valence-electron chi connectivity index (χ1n) is 9.88. The summed E-state index contributed by atoms with van der Waals surface area (Å²) in [4.78, 5) is 30.6. The van der Waals surface area contributed by atoms with Crippen LogP contribution in [0.3, 0.4) is 0 Å². The Labute approximate surface area is 175 Å². The van der Waals surface area contributed by atoms with Crippen molar-refractivity contribution in [2.75, 3.05) is 6.61 Å². The number of nitrogens with zero attached hydrogens (tertiary/aromatic N) is 2.